The summed E-state index contributed by atoms with van der Waals surface area (Å²) in [5, 5.41) is 11.8. The molecule has 0 aliphatic heterocycles. The summed E-state index contributed by atoms with van der Waals surface area (Å²) in [6, 6.07) is 7.15. The Kier molecular flexibility index (Phi) is 5.58. The fourth-order valence-electron chi connectivity index (χ4n) is 1.73. The Morgan fingerprint density at radius 3 is 2.52 bits per heavy atom. The molecule has 6 nitrogen and oxygen atoms in total. The van der Waals surface area contributed by atoms with Crippen LogP contribution in [0.3, 0.4) is 0 Å². The van der Waals surface area contributed by atoms with E-state index in [4.69, 9.17) is 9.84 Å². The smallest absolute Gasteiger partial charge is 0.329 e. The van der Waals surface area contributed by atoms with Crippen LogP contribution in [0, 0.1) is 0 Å². The third-order valence-corrected chi connectivity index (χ3v) is 3.53. The lowest BCUT2D eigenvalue weighted by atomic mass is 10.1. The van der Waals surface area contributed by atoms with Crippen molar-refractivity contribution in [3.8, 4) is 5.75 Å². The highest BCUT2D eigenvalue weighted by Crippen LogP contribution is 2.17. The maximum atomic E-state index is 12.0. The van der Waals surface area contributed by atoms with Crippen LogP contribution >= 0.6 is 0 Å². The highest BCUT2D eigenvalue weighted by atomic mass is 16.5. The average Bonchev–Trinajstić information content (AvgIpc) is 2.46. The van der Waals surface area contributed by atoms with Crippen LogP contribution in [0.2, 0.25) is 0 Å². The molecular formula is C15H22N2O4. The topological polar surface area (TPSA) is 78.9 Å². The molecule has 2 N–H and O–H groups in total. The summed E-state index contributed by atoms with van der Waals surface area (Å²) in [4.78, 5) is 24.2. The normalized spacial score (nSPS) is 10.9. The van der Waals surface area contributed by atoms with E-state index in [1.807, 2.05) is 24.3 Å². The zero-order chi connectivity index (χ0) is 16.0. The minimum absolute atomic E-state index is 0.402. The number of rotatable bonds is 6. The van der Waals surface area contributed by atoms with Gasteiger partial charge < -0.3 is 20.1 Å². The lowest BCUT2D eigenvalue weighted by Crippen LogP contribution is -2.54. The first-order valence-electron chi connectivity index (χ1n) is 6.67. The summed E-state index contributed by atoms with van der Waals surface area (Å²) >= 11 is 0. The van der Waals surface area contributed by atoms with E-state index >= 15 is 0 Å². The molecule has 116 valence electrons. The monoisotopic (exact) mass is 294 g/mol. The number of hydrogen-bond acceptors (Lipinski definition) is 3. The van der Waals surface area contributed by atoms with E-state index in [-0.39, 0.29) is 0 Å². The van der Waals surface area contributed by atoms with Crippen molar-refractivity contribution < 1.29 is 19.4 Å². The van der Waals surface area contributed by atoms with Crippen LogP contribution in [0.25, 0.3) is 0 Å². The molecule has 0 spiro atoms. The molecule has 0 saturated carbocycles. The van der Waals surface area contributed by atoms with Gasteiger partial charge in [-0.3, -0.25) is 0 Å². The molecule has 0 heterocycles. The number of methoxy groups -OCH3 is 1. The fourth-order valence-corrected chi connectivity index (χ4v) is 1.73. The molecule has 2 amide bonds. The molecule has 0 radical (unpaired) electrons. The summed E-state index contributed by atoms with van der Waals surface area (Å²) in [6.45, 7) is 3.36. The van der Waals surface area contributed by atoms with Crippen molar-refractivity contribution in [2.75, 3.05) is 20.7 Å². The lowest BCUT2D eigenvalue weighted by molar-refractivity contribution is -0.146. The molecule has 0 fully saturated rings. The number of ether oxygens (including phenoxy) is 1. The van der Waals surface area contributed by atoms with Gasteiger partial charge >= 0.3 is 12.0 Å². The summed E-state index contributed by atoms with van der Waals surface area (Å²) in [5.74, 6) is -0.282. The molecular weight excluding hydrogens is 272 g/mol. The summed E-state index contributed by atoms with van der Waals surface area (Å²) < 4.78 is 5.24. The van der Waals surface area contributed by atoms with Gasteiger partial charge in [0.25, 0.3) is 0 Å². The summed E-state index contributed by atoms with van der Waals surface area (Å²) in [6.07, 6.45) is 0.608. The Bertz CT molecular complexity index is 514. The number of benzene rings is 1. The zero-order valence-corrected chi connectivity index (χ0v) is 12.8. The second kappa shape index (κ2) is 6.97. The van der Waals surface area contributed by atoms with Crippen molar-refractivity contribution in [2.24, 2.45) is 0 Å². The number of hydrogen-bond donors (Lipinski definition) is 2. The molecule has 0 saturated heterocycles. The van der Waals surface area contributed by atoms with E-state index in [9.17, 15) is 9.59 Å². The Morgan fingerprint density at radius 1 is 1.33 bits per heavy atom. The Morgan fingerprint density at radius 2 is 1.95 bits per heavy atom. The van der Waals surface area contributed by atoms with Gasteiger partial charge in [-0.05, 0) is 31.9 Å². The number of urea groups is 1. The van der Waals surface area contributed by atoms with Gasteiger partial charge in [0.2, 0.25) is 0 Å². The van der Waals surface area contributed by atoms with E-state index in [2.05, 4.69) is 5.32 Å². The minimum atomic E-state index is -1.26. The standard InChI is InChI=1S/C15H22N2O4/c1-15(2,13(18)19)17(3)14(20)16-10-9-11-7-5-6-8-12(11)21-4/h5-8H,9-10H2,1-4H3,(H,16,20)(H,18,19). The number of nitrogens with zero attached hydrogens (tertiary/aromatic N) is 1. The van der Waals surface area contributed by atoms with Crippen LogP contribution < -0.4 is 10.1 Å². The van der Waals surface area contributed by atoms with Gasteiger partial charge in [-0.1, -0.05) is 18.2 Å². The molecule has 0 aliphatic carbocycles. The van der Waals surface area contributed by atoms with Crippen LogP contribution in [0.5, 0.6) is 5.75 Å². The van der Waals surface area contributed by atoms with Crippen molar-refractivity contribution in [3.63, 3.8) is 0 Å². The summed E-state index contributed by atoms with van der Waals surface area (Å²) in [7, 11) is 3.06. The number of likely N-dealkylation sites (N-methyl/N-ethyl adjacent to an activating group) is 1. The molecule has 0 aromatic heterocycles. The van der Waals surface area contributed by atoms with Crippen molar-refractivity contribution in [1.29, 1.82) is 0 Å². The van der Waals surface area contributed by atoms with Crippen LogP contribution in [0.15, 0.2) is 24.3 Å². The van der Waals surface area contributed by atoms with Crippen molar-refractivity contribution in [3.05, 3.63) is 29.8 Å². The van der Waals surface area contributed by atoms with E-state index in [0.717, 1.165) is 11.3 Å². The molecule has 21 heavy (non-hydrogen) atoms. The highest BCUT2D eigenvalue weighted by Gasteiger charge is 2.35. The van der Waals surface area contributed by atoms with Gasteiger partial charge in [0, 0.05) is 13.6 Å². The molecule has 0 atom stereocenters. The number of amides is 2. The van der Waals surface area contributed by atoms with Crippen LogP contribution in [0.1, 0.15) is 19.4 Å². The maximum absolute atomic E-state index is 12.0. The van der Waals surface area contributed by atoms with Gasteiger partial charge in [0.15, 0.2) is 0 Å². The Labute approximate surface area is 124 Å². The highest BCUT2D eigenvalue weighted by molar-refractivity contribution is 5.85. The van der Waals surface area contributed by atoms with E-state index in [1.54, 1.807) is 7.11 Å². The van der Waals surface area contributed by atoms with E-state index in [0.29, 0.717) is 13.0 Å². The molecule has 6 heteroatoms. The average molecular weight is 294 g/mol. The lowest BCUT2D eigenvalue weighted by Gasteiger charge is -2.31. The third kappa shape index (κ3) is 4.11. The first-order chi connectivity index (χ1) is 9.80. The second-order valence-corrected chi connectivity index (χ2v) is 5.22. The number of carboxylic acid groups (broad SMARTS) is 1. The molecule has 1 aromatic carbocycles. The Balaban J connectivity index is 2.56. The number of aliphatic carboxylic acids is 1. The number of carboxylic acids is 1. The van der Waals surface area contributed by atoms with Gasteiger partial charge in [0.1, 0.15) is 11.3 Å². The molecule has 1 aromatic rings. The van der Waals surface area contributed by atoms with Gasteiger partial charge in [-0.25, -0.2) is 9.59 Å². The van der Waals surface area contributed by atoms with Crippen molar-refractivity contribution >= 4 is 12.0 Å². The predicted molar refractivity (Wildman–Crippen MR) is 79.6 cm³/mol. The van der Waals surface area contributed by atoms with Gasteiger partial charge in [-0.2, -0.15) is 0 Å². The molecule has 0 bridgehead atoms. The third-order valence-electron chi connectivity index (χ3n) is 3.53. The predicted octanol–water partition coefficient (Wildman–Crippen LogP) is 1.74. The molecule has 0 aliphatic rings. The van der Waals surface area contributed by atoms with Gasteiger partial charge in [0.05, 0.1) is 7.11 Å². The van der Waals surface area contributed by atoms with Crippen LogP contribution in [-0.2, 0) is 11.2 Å². The fraction of sp³-hybridized carbons (Fsp3) is 0.467. The number of nitrogens with one attached hydrogen (secondary N) is 1. The Hall–Kier alpha value is -2.24. The number of carbonyl (C=O) groups excluding carboxylic acids is 1. The minimum Gasteiger partial charge on any atom is -0.496 e. The van der Waals surface area contributed by atoms with Crippen molar-refractivity contribution in [1.82, 2.24) is 10.2 Å². The largest absolute Gasteiger partial charge is 0.496 e. The SMILES string of the molecule is COc1ccccc1CCNC(=O)N(C)C(C)(C)C(=O)O. The zero-order valence-electron chi connectivity index (χ0n) is 12.8. The van der Waals surface area contributed by atoms with Crippen LogP contribution in [0.4, 0.5) is 4.79 Å². The number of carbonyl (C=O) groups is 2. The van der Waals surface area contributed by atoms with E-state index in [1.165, 1.54) is 25.8 Å². The van der Waals surface area contributed by atoms with Gasteiger partial charge in [-0.15, -0.1) is 0 Å². The van der Waals surface area contributed by atoms with Crippen LogP contribution in [-0.4, -0.2) is 48.2 Å². The maximum Gasteiger partial charge on any atom is 0.329 e. The van der Waals surface area contributed by atoms with Crippen molar-refractivity contribution in [2.45, 2.75) is 25.8 Å². The quantitative estimate of drug-likeness (QED) is 0.837. The second-order valence-electron chi connectivity index (χ2n) is 5.22. The first kappa shape index (κ1) is 16.8. The number of para-hydroxylation sites is 1. The molecule has 1 rings (SSSR count). The van der Waals surface area contributed by atoms with E-state index < -0.39 is 17.5 Å². The summed E-state index contributed by atoms with van der Waals surface area (Å²) in [5.41, 5.74) is -0.269. The molecule has 0 unspecified atom stereocenters. The first-order valence-corrected chi connectivity index (χ1v) is 6.67.